The SMILES string of the molecule is CCN1CC(C(=O)N[C@H](Cc2cnc[nH]2)C(=O)O)CC1=O. The van der Waals surface area contributed by atoms with Crippen LogP contribution in [0.25, 0.3) is 0 Å². The molecule has 1 aliphatic rings. The number of hydrogen-bond acceptors (Lipinski definition) is 4. The number of aliphatic carboxylic acids is 1. The molecule has 0 saturated carbocycles. The van der Waals surface area contributed by atoms with Crippen LogP contribution in [0.15, 0.2) is 12.5 Å². The van der Waals surface area contributed by atoms with Gasteiger partial charge in [-0.25, -0.2) is 9.78 Å². The highest BCUT2D eigenvalue weighted by Gasteiger charge is 2.35. The van der Waals surface area contributed by atoms with E-state index in [1.54, 1.807) is 4.90 Å². The number of rotatable bonds is 6. The van der Waals surface area contributed by atoms with Gasteiger partial charge in [-0.1, -0.05) is 0 Å². The Morgan fingerprint density at radius 3 is 2.90 bits per heavy atom. The Labute approximate surface area is 121 Å². The number of nitrogens with zero attached hydrogens (tertiary/aromatic N) is 2. The average Bonchev–Trinajstić information content (AvgIpc) is 3.07. The summed E-state index contributed by atoms with van der Waals surface area (Å²) in [5, 5.41) is 11.7. The molecular weight excluding hydrogens is 276 g/mol. The number of H-pyrrole nitrogens is 1. The molecule has 1 fully saturated rings. The molecule has 0 radical (unpaired) electrons. The van der Waals surface area contributed by atoms with Gasteiger partial charge < -0.3 is 20.3 Å². The second-order valence-corrected chi connectivity index (χ2v) is 5.01. The van der Waals surface area contributed by atoms with E-state index in [1.807, 2.05) is 6.92 Å². The van der Waals surface area contributed by atoms with E-state index in [4.69, 9.17) is 0 Å². The molecule has 8 nitrogen and oxygen atoms in total. The fourth-order valence-electron chi connectivity index (χ4n) is 2.36. The molecule has 2 heterocycles. The molecular formula is C13H18N4O4. The van der Waals surface area contributed by atoms with E-state index in [1.165, 1.54) is 12.5 Å². The summed E-state index contributed by atoms with van der Waals surface area (Å²) in [6, 6.07) is -1.04. The van der Waals surface area contributed by atoms with Gasteiger partial charge in [-0.05, 0) is 6.92 Å². The zero-order valence-corrected chi connectivity index (χ0v) is 11.7. The monoisotopic (exact) mass is 294 g/mol. The maximum Gasteiger partial charge on any atom is 0.326 e. The van der Waals surface area contributed by atoms with Gasteiger partial charge in [0.1, 0.15) is 6.04 Å². The van der Waals surface area contributed by atoms with Crippen molar-refractivity contribution >= 4 is 17.8 Å². The molecule has 1 aromatic rings. The van der Waals surface area contributed by atoms with Gasteiger partial charge in [0, 0.05) is 37.8 Å². The Kier molecular flexibility index (Phi) is 4.56. The summed E-state index contributed by atoms with van der Waals surface area (Å²) in [5.41, 5.74) is 0.625. The minimum Gasteiger partial charge on any atom is -0.480 e. The number of carbonyl (C=O) groups excluding carboxylic acids is 2. The number of aromatic nitrogens is 2. The predicted molar refractivity (Wildman–Crippen MR) is 72.2 cm³/mol. The number of likely N-dealkylation sites (tertiary alicyclic amines) is 1. The van der Waals surface area contributed by atoms with Gasteiger partial charge in [0.05, 0.1) is 12.2 Å². The summed E-state index contributed by atoms with van der Waals surface area (Å²) in [6.45, 7) is 2.74. The van der Waals surface area contributed by atoms with Crippen molar-refractivity contribution < 1.29 is 19.5 Å². The molecule has 2 rings (SSSR count). The number of aromatic amines is 1. The van der Waals surface area contributed by atoms with E-state index in [2.05, 4.69) is 15.3 Å². The second-order valence-electron chi connectivity index (χ2n) is 5.01. The zero-order valence-electron chi connectivity index (χ0n) is 11.7. The molecule has 21 heavy (non-hydrogen) atoms. The van der Waals surface area contributed by atoms with E-state index in [0.29, 0.717) is 18.8 Å². The van der Waals surface area contributed by atoms with Crippen molar-refractivity contribution in [2.24, 2.45) is 5.92 Å². The first kappa shape index (κ1) is 15.0. The standard InChI is InChI=1S/C13H18N4O4/c1-2-17-6-8(3-11(17)18)12(19)16-10(13(20)21)4-9-5-14-7-15-9/h5,7-8,10H,2-4,6H2,1H3,(H,14,15)(H,16,19)(H,20,21)/t8?,10-/m1/s1. The summed E-state index contributed by atoms with van der Waals surface area (Å²) >= 11 is 0. The topological polar surface area (TPSA) is 115 Å². The van der Waals surface area contributed by atoms with Crippen molar-refractivity contribution in [1.82, 2.24) is 20.2 Å². The van der Waals surface area contributed by atoms with Crippen LogP contribution in [0.4, 0.5) is 0 Å². The fourth-order valence-corrected chi connectivity index (χ4v) is 2.36. The number of nitrogens with one attached hydrogen (secondary N) is 2. The maximum absolute atomic E-state index is 12.1. The van der Waals surface area contributed by atoms with Crippen LogP contribution < -0.4 is 5.32 Å². The van der Waals surface area contributed by atoms with Crippen LogP contribution in [0.5, 0.6) is 0 Å². The minimum atomic E-state index is -1.12. The van der Waals surface area contributed by atoms with Crippen molar-refractivity contribution in [2.45, 2.75) is 25.8 Å². The van der Waals surface area contributed by atoms with Gasteiger partial charge in [0.25, 0.3) is 0 Å². The molecule has 0 aromatic carbocycles. The molecule has 0 bridgehead atoms. The summed E-state index contributed by atoms with van der Waals surface area (Å²) in [5.74, 6) is -2.07. The van der Waals surface area contributed by atoms with Gasteiger partial charge in [-0.3, -0.25) is 9.59 Å². The quantitative estimate of drug-likeness (QED) is 0.647. The smallest absolute Gasteiger partial charge is 0.326 e. The Balaban J connectivity index is 1.96. The van der Waals surface area contributed by atoms with E-state index >= 15 is 0 Å². The molecule has 2 atom stereocenters. The van der Waals surface area contributed by atoms with Crippen molar-refractivity contribution in [3.63, 3.8) is 0 Å². The Hall–Kier alpha value is -2.38. The van der Waals surface area contributed by atoms with Crippen LogP contribution in [0.2, 0.25) is 0 Å². The van der Waals surface area contributed by atoms with E-state index in [0.717, 1.165) is 0 Å². The lowest BCUT2D eigenvalue weighted by Gasteiger charge is -2.17. The Morgan fingerprint density at radius 2 is 2.38 bits per heavy atom. The number of carboxylic acids is 1. The summed E-state index contributed by atoms with van der Waals surface area (Å²) < 4.78 is 0. The van der Waals surface area contributed by atoms with Gasteiger partial charge in [0.2, 0.25) is 11.8 Å². The summed E-state index contributed by atoms with van der Waals surface area (Å²) in [7, 11) is 0. The van der Waals surface area contributed by atoms with Gasteiger partial charge in [-0.2, -0.15) is 0 Å². The Bertz CT molecular complexity index is 528. The molecule has 1 aliphatic heterocycles. The molecule has 0 spiro atoms. The van der Waals surface area contributed by atoms with Crippen molar-refractivity contribution in [3.05, 3.63) is 18.2 Å². The first-order valence-corrected chi connectivity index (χ1v) is 6.79. The van der Waals surface area contributed by atoms with Crippen LogP contribution in [0.3, 0.4) is 0 Å². The van der Waals surface area contributed by atoms with Crippen molar-refractivity contribution in [2.75, 3.05) is 13.1 Å². The molecule has 2 amide bonds. The normalized spacial score (nSPS) is 19.6. The van der Waals surface area contributed by atoms with Crippen LogP contribution in [0.1, 0.15) is 19.0 Å². The molecule has 3 N–H and O–H groups in total. The molecule has 1 saturated heterocycles. The lowest BCUT2D eigenvalue weighted by molar-refractivity contribution is -0.142. The van der Waals surface area contributed by atoms with Gasteiger partial charge >= 0.3 is 5.97 Å². The highest BCUT2D eigenvalue weighted by Crippen LogP contribution is 2.17. The third-order valence-electron chi connectivity index (χ3n) is 3.56. The van der Waals surface area contributed by atoms with Gasteiger partial charge in [-0.15, -0.1) is 0 Å². The van der Waals surface area contributed by atoms with E-state index in [-0.39, 0.29) is 18.7 Å². The highest BCUT2D eigenvalue weighted by atomic mass is 16.4. The van der Waals surface area contributed by atoms with Crippen molar-refractivity contribution in [3.8, 4) is 0 Å². The molecule has 0 aliphatic carbocycles. The average molecular weight is 294 g/mol. The number of hydrogen-bond donors (Lipinski definition) is 3. The van der Waals surface area contributed by atoms with E-state index in [9.17, 15) is 19.5 Å². The molecule has 1 aromatic heterocycles. The summed E-state index contributed by atoms with van der Waals surface area (Å²) in [6.07, 6.45) is 3.22. The lowest BCUT2D eigenvalue weighted by Crippen LogP contribution is -2.45. The number of imidazole rings is 1. The third-order valence-corrected chi connectivity index (χ3v) is 3.56. The number of carboxylic acid groups (broad SMARTS) is 1. The molecule has 114 valence electrons. The predicted octanol–water partition coefficient (Wildman–Crippen LogP) is -0.610. The number of amides is 2. The highest BCUT2D eigenvalue weighted by molar-refractivity contribution is 5.91. The second kappa shape index (κ2) is 6.38. The van der Waals surface area contributed by atoms with Gasteiger partial charge in [0.15, 0.2) is 0 Å². The van der Waals surface area contributed by atoms with Crippen LogP contribution in [0, 0.1) is 5.92 Å². The molecule has 1 unspecified atom stereocenters. The Morgan fingerprint density at radius 1 is 1.62 bits per heavy atom. The van der Waals surface area contributed by atoms with E-state index < -0.39 is 23.8 Å². The van der Waals surface area contributed by atoms with Crippen LogP contribution >= 0.6 is 0 Å². The summed E-state index contributed by atoms with van der Waals surface area (Å²) in [4.78, 5) is 43.2. The van der Waals surface area contributed by atoms with Crippen molar-refractivity contribution in [1.29, 1.82) is 0 Å². The first-order chi connectivity index (χ1) is 10.0. The third kappa shape index (κ3) is 3.59. The fraction of sp³-hybridized carbons (Fsp3) is 0.538. The lowest BCUT2D eigenvalue weighted by atomic mass is 10.1. The van der Waals surface area contributed by atoms with Crippen LogP contribution in [-0.4, -0.2) is 56.9 Å². The molecule has 8 heteroatoms. The number of carbonyl (C=O) groups is 3. The minimum absolute atomic E-state index is 0.0712. The maximum atomic E-state index is 12.1. The first-order valence-electron chi connectivity index (χ1n) is 6.79. The van der Waals surface area contributed by atoms with Crippen LogP contribution in [-0.2, 0) is 20.8 Å². The zero-order chi connectivity index (χ0) is 15.4. The largest absolute Gasteiger partial charge is 0.480 e.